The minimum atomic E-state index is -3.49. The van der Waals surface area contributed by atoms with Crippen LogP contribution in [-0.2, 0) is 6.37 Å². The molecule has 0 aliphatic carbocycles. The van der Waals surface area contributed by atoms with Crippen molar-refractivity contribution in [2.75, 3.05) is 6.56 Å². The zero-order valence-corrected chi connectivity index (χ0v) is 11.0. The van der Waals surface area contributed by atoms with Gasteiger partial charge >= 0.3 is 0 Å². The summed E-state index contributed by atoms with van der Waals surface area (Å²) in [5, 5.41) is 0. The van der Waals surface area contributed by atoms with Crippen molar-refractivity contribution in [3.63, 3.8) is 0 Å². The lowest BCUT2D eigenvalue weighted by molar-refractivity contribution is 0.340. The average Bonchev–Trinajstić information content (AvgIpc) is 2.72. The van der Waals surface area contributed by atoms with E-state index in [1.165, 1.54) is 36.4 Å². The van der Waals surface area contributed by atoms with Gasteiger partial charge in [0, 0.05) is 22.6 Å². The van der Waals surface area contributed by atoms with E-state index in [-0.39, 0.29) is 28.8 Å². The Morgan fingerprint density at radius 1 is 1.14 bits per heavy atom. The molecule has 0 radical (unpaired) electrons. The highest BCUT2D eigenvalue weighted by Gasteiger charge is 1.94. The number of nitrogens with zero attached hydrogens (tertiary/aromatic N) is 1. The Morgan fingerprint density at radius 2 is 1.95 bits per heavy atom. The van der Waals surface area contributed by atoms with Gasteiger partial charge in [-0.2, -0.15) is 0 Å². The fourth-order valence-electron chi connectivity index (χ4n) is 1.51. The molecule has 21 heavy (non-hydrogen) atoms. The summed E-state index contributed by atoms with van der Waals surface area (Å²) >= 11 is 0. The maximum Gasteiger partial charge on any atom is 0.119 e. The molecule has 0 fully saturated rings. The van der Waals surface area contributed by atoms with Crippen LogP contribution in [0, 0.1) is 0 Å². The van der Waals surface area contributed by atoms with Gasteiger partial charge in [0.1, 0.15) is 5.75 Å². The molecule has 0 aliphatic heterocycles. The largest absolute Gasteiger partial charge is 0.494 e. The van der Waals surface area contributed by atoms with Crippen molar-refractivity contribution >= 4 is 11.9 Å². The summed E-state index contributed by atoms with van der Waals surface area (Å²) in [6.07, 6.45) is -10.2. The third kappa shape index (κ3) is 5.07. The van der Waals surface area contributed by atoms with Crippen molar-refractivity contribution in [3.8, 4) is 5.75 Å². The van der Waals surface area contributed by atoms with Crippen LogP contribution < -0.4 is 4.74 Å². The first-order chi connectivity index (χ1) is 16.0. The Balaban J connectivity index is 2.26. The van der Waals surface area contributed by atoms with Crippen molar-refractivity contribution in [2.24, 2.45) is 4.99 Å². The van der Waals surface area contributed by atoms with Gasteiger partial charge in [-0.05, 0) is 67.1 Å². The van der Waals surface area contributed by atoms with Crippen LogP contribution in [0.3, 0.4) is 0 Å². The quantitative estimate of drug-likeness (QED) is 0.645. The van der Waals surface area contributed by atoms with Gasteiger partial charge < -0.3 is 4.74 Å². The first-order valence-corrected chi connectivity index (χ1v) is 6.00. The average molecular weight is 296 g/mol. The lowest BCUT2D eigenvalue weighted by Gasteiger charge is -2.02. The summed E-state index contributed by atoms with van der Waals surface area (Å²) in [6, 6.07) is 9.99. The summed E-state index contributed by atoms with van der Waals surface area (Å²) in [5.41, 5.74) is 0.104. The molecule has 0 aliphatic rings. The third-order valence-corrected chi connectivity index (χ3v) is 2.47. The number of benzene rings is 2. The Labute approximate surface area is 148 Å². The summed E-state index contributed by atoms with van der Waals surface area (Å²) in [4.78, 5) is 4.04. The predicted molar refractivity (Wildman–Crippen MR) is 89.9 cm³/mol. The van der Waals surface area contributed by atoms with Gasteiger partial charge in [-0.25, -0.2) is 0 Å². The van der Waals surface area contributed by atoms with E-state index < -0.39 is 39.4 Å². The molecule has 0 atom stereocenters. The first kappa shape index (κ1) is 4.98. The number of hydrogen-bond donors (Lipinski definition) is 0. The second kappa shape index (κ2) is 8.25. The topological polar surface area (TPSA) is 21.6 Å². The van der Waals surface area contributed by atoms with Gasteiger partial charge in [0.05, 0.1) is 16.4 Å². The normalized spacial score (nSPS) is 25.9. The lowest BCUT2D eigenvalue weighted by atomic mass is 10.1. The second-order valence-electron chi connectivity index (χ2n) is 3.87. The van der Waals surface area contributed by atoms with Gasteiger partial charge in [-0.15, -0.1) is 0 Å². The fraction of sp³-hybridized carbons (Fsp3) is 0.316. The molecular weight excluding hydrogens is 258 g/mol. The number of aryl methyl sites for hydroxylation is 1. The number of hydrogen-bond acceptors (Lipinski definition) is 2. The van der Waals surface area contributed by atoms with E-state index in [1.807, 2.05) is 0 Å². The maximum atomic E-state index is 8.13. The Kier molecular flexibility index (Phi) is 1.96. The Morgan fingerprint density at radius 3 is 2.67 bits per heavy atom. The second-order valence-corrected chi connectivity index (χ2v) is 3.87. The van der Waals surface area contributed by atoms with E-state index in [1.54, 1.807) is 0 Å². The number of rotatable bonds is 7. The molecule has 0 unspecified atom stereocenters. The molecule has 0 saturated carbocycles. The van der Waals surface area contributed by atoms with E-state index in [0.29, 0.717) is 0 Å². The molecule has 0 bridgehead atoms. The summed E-state index contributed by atoms with van der Waals surface area (Å²) in [7, 11) is 0. The van der Waals surface area contributed by atoms with Crippen LogP contribution in [-0.4, -0.2) is 12.7 Å². The highest BCUT2D eigenvalue weighted by Crippen LogP contribution is 2.16. The lowest BCUT2D eigenvalue weighted by Crippen LogP contribution is -1.91. The minimum Gasteiger partial charge on any atom is -0.494 e. The number of aliphatic imine (C=N–C) groups is 1. The zero-order chi connectivity index (χ0) is 28.0. The van der Waals surface area contributed by atoms with Gasteiger partial charge in [-0.1, -0.05) is 25.4 Å². The van der Waals surface area contributed by atoms with Crippen molar-refractivity contribution in [1.29, 1.82) is 0 Å². The van der Waals surface area contributed by atoms with Gasteiger partial charge in [0.2, 0.25) is 0 Å². The molecule has 2 heteroatoms. The number of ether oxygens (including phenoxy) is 1. The Hall–Kier alpha value is -2.09. The van der Waals surface area contributed by atoms with Crippen LogP contribution in [0.1, 0.15) is 58.1 Å². The molecule has 0 aromatic heterocycles. The molecular formula is C19H23NO. The highest BCUT2D eigenvalue weighted by atomic mass is 16.5. The smallest absolute Gasteiger partial charge is 0.119 e. The van der Waals surface area contributed by atoms with E-state index in [0.717, 1.165) is 12.1 Å². The van der Waals surface area contributed by atoms with E-state index >= 15 is 0 Å². The van der Waals surface area contributed by atoms with E-state index in [2.05, 4.69) is 4.99 Å². The standard InChI is InChI=1S/C19H23NO/c1-3-5-6-16-7-11-18(12-8-16)20-15-17-9-13-19(14-10-17)21-4-2/h7-15H,3-6H2,1-2H3/i1D3,2D3,3D2,4D2,5D2,6D2,15D. The molecule has 2 aromatic rings. The SMILES string of the molecule is [2H]C(=Nc1ccc(C([2H])([2H])C([2H])([2H])C([2H])([2H])C([2H])([2H])[2H])cc1)c1ccc(OC([2H])([2H])C([2H])([2H])[2H])cc1. The molecule has 110 valence electrons. The molecule has 0 amide bonds. The highest BCUT2D eigenvalue weighted by molar-refractivity contribution is 5.82. The van der Waals surface area contributed by atoms with Crippen molar-refractivity contribution in [2.45, 2.75) is 32.8 Å². The van der Waals surface area contributed by atoms with Crippen LogP contribution in [0.4, 0.5) is 5.69 Å². The van der Waals surface area contributed by atoms with Crippen molar-refractivity contribution in [1.82, 2.24) is 0 Å². The molecule has 2 rings (SSSR count). The predicted octanol–water partition coefficient (Wildman–Crippen LogP) is 5.18. The van der Waals surface area contributed by atoms with E-state index in [4.69, 9.17) is 25.3 Å². The molecule has 0 saturated heterocycles. The summed E-state index contributed by atoms with van der Waals surface area (Å²) in [5.74, 6) is -0.0783. The van der Waals surface area contributed by atoms with Crippen LogP contribution in [0.15, 0.2) is 53.5 Å². The monoisotopic (exact) mass is 296 g/mol. The third-order valence-electron chi connectivity index (χ3n) is 2.47. The summed E-state index contributed by atoms with van der Waals surface area (Å²) < 4.78 is 119. The van der Waals surface area contributed by atoms with Crippen LogP contribution in [0.25, 0.3) is 0 Å². The first-order valence-electron chi connectivity index (χ1n) is 13.5. The minimum absolute atomic E-state index is 0.0783. The molecule has 0 N–H and O–H groups in total. The van der Waals surface area contributed by atoms with Gasteiger partial charge in [-0.3, -0.25) is 4.99 Å². The fourth-order valence-corrected chi connectivity index (χ4v) is 1.51. The van der Waals surface area contributed by atoms with Gasteiger partial charge in [0.15, 0.2) is 0 Å². The zero-order valence-electron chi connectivity index (χ0n) is 26.0. The van der Waals surface area contributed by atoms with Gasteiger partial charge in [0.25, 0.3) is 0 Å². The van der Waals surface area contributed by atoms with Crippen molar-refractivity contribution in [3.05, 3.63) is 59.7 Å². The molecule has 2 nitrogen and oxygen atoms in total. The maximum absolute atomic E-state index is 8.13. The molecule has 0 spiro atoms. The molecule has 0 heterocycles. The van der Waals surface area contributed by atoms with Crippen LogP contribution >= 0.6 is 0 Å². The molecule has 2 aromatic carbocycles. The van der Waals surface area contributed by atoms with Crippen molar-refractivity contribution < 1.29 is 25.3 Å². The van der Waals surface area contributed by atoms with Crippen LogP contribution in [0.5, 0.6) is 5.75 Å². The van der Waals surface area contributed by atoms with E-state index in [9.17, 15) is 0 Å². The summed E-state index contributed by atoms with van der Waals surface area (Å²) in [6.45, 7) is -9.34. The van der Waals surface area contributed by atoms with Crippen LogP contribution in [0.2, 0.25) is 0 Å². The Bertz CT molecular complexity index is 1080.